The maximum Gasteiger partial charge on any atom is 0.257 e. The highest BCUT2D eigenvalue weighted by molar-refractivity contribution is 7.90. The van der Waals surface area contributed by atoms with E-state index < -0.39 is 15.7 Å². The Bertz CT molecular complexity index is 1040. The van der Waals surface area contributed by atoms with Crippen LogP contribution in [0.1, 0.15) is 23.2 Å². The normalized spacial score (nSPS) is 17.0. The van der Waals surface area contributed by atoms with Crippen molar-refractivity contribution < 1.29 is 18.0 Å². The molecule has 2 heterocycles. The highest BCUT2D eigenvalue weighted by Crippen LogP contribution is 2.24. The molecule has 3 N–H and O–H groups in total. The molecule has 0 saturated carbocycles. The number of pyridine rings is 1. The molecule has 0 bridgehead atoms. The van der Waals surface area contributed by atoms with Crippen molar-refractivity contribution in [1.82, 2.24) is 4.98 Å². The molecule has 0 spiro atoms. The lowest BCUT2D eigenvalue weighted by molar-refractivity contribution is -0.122. The van der Waals surface area contributed by atoms with Gasteiger partial charge in [-0.25, -0.2) is 13.4 Å². The fourth-order valence-electron chi connectivity index (χ4n) is 3.17. The zero-order chi connectivity index (χ0) is 21.2. The quantitative estimate of drug-likeness (QED) is 0.739. The van der Waals surface area contributed by atoms with E-state index in [4.69, 9.17) is 17.3 Å². The highest BCUT2D eigenvalue weighted by Gasteiger charge is 2.24. The van der Waals surface area contributed by atoms with Crippen molar-refractivity contribution in [3.8, 4) is 0 Å². The minimum Gasteiger partial charge on any atom is -0.369 e. The van der Waals surface area contributed by atoms with Gasteiger partial charge in [0, 0.05) is 19.3 Å². The number of nitrogens with one attached hydrogen (secondary N) is 1. The number of benzene rings is 1. The Morgan fingerprint density at radius 2 is 2.03 bits per heavy atom. The third-order valence-corrected chi connectivity index (χ3v) is 6.20. The van der Waals surface area contributed by atoms with Crippen molar-refractivity contribution in [2.24, 2.45) is 11.7 Å². The van der Waals surface area contributed by atoms with E-state index >= 15 is 0 Å². The lowest BCUT2D eigenvalue weighted by atomic mass is 9.97. The number of piperidine rings is 1. The zero-order valence-corrected chi connectivity index (χ0v) is 17.3. The van der Waals surface area contributed by atoms with E-state index in [0.29, 0.717) is 18.1 Å². The molecular weight excluding hydrogens is 416 g/mol. The van der Waals surface area contributed by atoms with E-state index in [-0.39, 0.29) is 27.3 Å². The summed E-state index contributed by atoms with van der Waals surface area (Å²) in [6, 6.07) is 7.39. The summed E-state index contributed by atoms with van der Waals surface area (Å²) in [5.41, 5.74) is 5.90. The molecule has 0 aliphatic carbocycles. The molecule has 1 aromatic carbocycles. The Morgan fingerprint density at radius 3 is 2.66 bits per heavy atom. The van der Waals surface area contributed by atoms with E-state index in [2.05, 4.69) is 10.3 Å². The number of nitrogens with zero attached hydrogens (tertiary/aromatic N) is 2. The fraction of sp³-hybridized carbons (Fsp3) is 0.316. The largest absolute Gasteiger partial charge is 0.369 e. The molecule has 154 valence electrons. The molecule has 29 heavy (non-hydrogen) atoms. The van der Waals surface area contributed by atoms with Gasteiger partial charge in [0.15, 0.2) is 9.84 Å². The van der Waals surface area contributed by atoms with E-state index in [0.717, 1.165) is 25.6 Å². The summed E-state index contributed by atoms with van der Waals surface area (Å²) in [6.45, 7) is 1.29. The van der Waals surface area contributed by atoms with Gasteiger partial charge in [0.25, 0.3) is 5.91 Å². The van der Waals surface area contributed by atoms with Gasteiger partial charge in [0.1, 0.15) is 5.82 Å². The van der Waals surface area contributed by atoms with Gasteiger partial charge in [-0.3, -0.25) is 9.59 Å². The molecule has 1 aromatic heterocycles. The van der Waals surface area contributed by atoms with Crippen molar-refractivity contribution in [2.45, 2.75) is 17.7 Å². The average molecular weight is 437 g/mol. The molecule has 2 aromatic rings. The summed E-state index contributed by atoms with van der Waals surface area (Å²) in [6.07, 6.45) is 4.18. The lowest BCUT2D eigenvalue weighted by Crippen LogP contribution is -2.41. The van der Waals surface area contributed by atoms with Crippen molar-refractivity contribution >= 4 is 44.8 Å². The van der Waals surface area contributed by atoms with Crippen molar-refractivity contribution in [2.75, 3.05) is 29.6 Å². The SMILES string of the molecule is CS(=O)(=O)c1ccc(Cl)c(C(=O)Nc2ccc(N3CCCC(C(N)=O)C3)nc2)c1. The number of halogens is 1. The topological polar surface area (TPSA) is 122 Å². The second-order valence-corrected chi connectivity index (χ2v) is 9.38. The first kappa shape index (κ1) is 21.1. The third kappa shape index (κ3) is 5.04. The zero-order valence-electron chi connectivity index (χ0n) is 15.8. The van der Waals surface area contributed by atoms with Gasteiger partial charge in [0.2, 0.25) is 5.91 Å². The first-order chi connectivity index (χ1) is 13.6. The molecule has 1 aliphatic heterocycles. The Kier molecular flexibility index (Phi) is 6.09. The highest BCUT2D eigenvalue weighted by atomic mass is 35.5. The molecule has 1 aliphatic rings. The molecule has 1 saturated heterocycles. The third-order valence-electron chi connectivity index (χ3n) is 4.76. The van der Waals surface area contributed by atoms with Crippen LogP contribution in [0.25, 0.3) is 0 Å². The number of aromatic nitrogens is 1. The van der Waals surface area contributed by atoms with E-state index in [1.54, 1.807) is 12.1 Å². The number of rotatable bonds is 5. The monoisotopic (exact) mass is 436 g/mol. The summed E-state index contributed by atoms with van der Waals surface area (Å²) >= 11 is 6.06. The van der Waals surface area contributed by atoms with E-state index in [1.165, 1.54) is 24.4 Å². The smallest absolute Gasteiger partial charge is 0.257 e. The van der Waals surface area contributed by atoms with Crippen LogP contribution >= 0.6 is 11.6 Å². The van der Waals surface area contributed by atoms with Gasteiger partial charge in [0.05, 0.1) is 33.3 Å². The van der Waals surface area contributed by atoms with Gasteiger partial charge in [-0.1, -0.05) is 11.6 Å². The lowest BCUT2D eigenvalue weighted by Gasteiger charge is -2.32. The van der Waals surface area contributed by atoms with E-state index in [1.807, 2.05) is 4.90 Å². The molecule has 1 atom stereocenters. The number of carbonyl (C=O) groups excluding carboxylic acids is 2. The maximum absolute atomic E-state index is 12.5. The van der Waals surface area contributed by atoms with Crippen molar-refractivity contribution in [3.63, 3.8) is 0 Å². The molecule has 3 rings (SSSR count). The molecule has 0 radical (unpaired) electrons. The first-order valence-electron chi connectivity index (χ1n) is 8.96. The molecule has 1 fully saturated rings. The predicted molar refractivity (Wildman–Crippen MR) is 111 cm³/mol. The molecular formula is C19H21ClN4O4S. The van der Waals surface area contributed by atoms with Crippen molar-refractivity contribution in [3.05, 3.63) is 47.1 Å². The number of sulfone groups is 1. The maximum atomic E-state index is 12.5. The Morgan fingerprint density at radius 1 is 1.28 bits per heavy atom. The second kappa shape index (κ2) is 8.38. The summed E-state index contributed by atoms with van der Waals surface area (Å²) in [5.74, 6) is -0.367. The van der Waals surface area contributed by atoms with Gasteiger partial charge in [-0.2, -0.15) is 0 Å². The minimum absolute atomic E-state index is 0.00891. The van der Waals surface area contributed by atoms with Crippen LogP contribution in [0.15, 0.2) is 41.4 Å². The van der Waals surface area contributed by atoms with Gasteiger partial charge in [-0.15, -0.1) is 0 Å². The Labute approximate surface area is 174 Å². The predicted octanol–water partition coefficient (Wildman–Crippen LogP) is 2.09. The van der Waals surface area contributed by atoms with Crippen LogP contribution in [-0.4, -0.2) is 44.6 Å². The number of nitrogens with two attached hydrogens (primary N) is 1. The van der Waals surface area contributed by atoms with Crippen LogP contribution in [0.4, 0.5) is 11.5 Å². The number of primary amides is 1. The summed E-state index contributed by atoms with van der Waals surface area (Å²) in [4.78, 5) is 30.3. The van der Waals surface area contributed by atoms with E-state index in [9.17, 15) is 18.0 Å². The molecule has 2 amide bonds. The molecule has 10 heteroatoms. The minimum atomic E-state index is -3.47. The second-order valence-electron chi connectivity index (χ2n) is 6.96. The molecule has 8 nitrogen and oxygen atoms in total. The van der Waals surface area contributed by atoms with Gasteiger partial charge in [-0.05, 0) is 43.2 Å². The van der Waals surface area contributed by atoms with Crippen LogP contribution in [0.3, 0.4) is 0 Å². The van der Waals surface area contributed by atoms with Crippen LogP contribution in [0.5, 0.6) is 0 Å². The van der Waals surface area contributed by atoms with Crippen LogP contribution in [0.2, 0.25) is 5.02 Å². The first-order valence-corrected chi connectivity index (χ1v) is 11.2. The molecule has 1 unspecified atom stereocenters. The van der Waals surface area contributed by atoms with Crippen molar-refractivity contribution in [1.29, 1.82) is 0 Å². The summed E-state index contributed by atoms with van der Waals surface area (Å²) in [7, 11) is -3.47. The number of hydrogen-bond donors (Lipinski definition) is 2. The number of anilines is 2. The van der Waals surface area contributed by atoms with Gasteiger partial charge < -0.3 is 16.0 Å². The standard InChI is InChI=1S/C19H21ClN4O4S/c1-29(27,28)14-5-6-16(20)15(9-14)19(26)23-13-4-7-17(22-10-13)24-8-2-3-12(11-24)18(21)25/h4-7,9-10,12H,2-3,8,11H2,1H3,(H2,21,25)(H,23,26). The van der Waals surface area contributed by atoms with Gasteiger partial charge >= 0.3 is 0 Å². The Balaban J connectivity index is 1.73. The van der Waals surface area contributed by atoms with Crippen LogP contribution in [0, 0.1) is 5.92 Å². The average Bonchev–Trinajstić information content (AvgIpc) is 2.68. The van der Waals surface area contributed by atoms with Crippen LogP contribution in [-0.2, 0) is 14.6 Å². The fourth-order valence-corrected chi connectivity index (χ4v) is 4.02. The number of hydrogen-bond acceptors (Lipinski definition) is 6. The number of amides is 2. The summed E-state index contributed by atoms with van der Waals surface area (Å²) in [5, 5.41) is 2.81. The number of carbonyl (C=O) groups is 2. The van der Waals surface area contributed by atoms with Crippen LogP contribution < -0.4 is 16.0 Å². The summed E-state index contributed by atoms with van der Waals surface area (Å²) < 4.78 is 23.4. The Hall–Kier alpha value is -2.65.